The molecular formula is C39H42N2O6. The molecule has 0 bridgehead atoms. The first-order valence-corrected chi connectivity index (χ1v) is 16.7. The molecule has 244 valence electrons. The van der Waals surface area contributed by atoms with Gasteiger partial charge in [0, 0.05) is 28.9 Å². The van der Waals surface area contributed by atoms with Crippen molar-refractivity contribution in [1.82, 2.24) is 0 Å². The van der Waals surface area contributed by atoms with Gasteiger partial charge in [-0.25, -0.2) is 0 Å². The van der Waals surface area contributed by atoms with Crippen molar-refractivity contribution in [3.8, 4) is 23.0 Å². The highest BCUT2D eigenvalue weighted by molar-refractivity contribution is 5.50. The highest BCUT2D eigenvalue weighted by atomic mass is 16.6. The van der Waals surface area contributed by atoms with Gasteiger partial charge in [-0.2, -0.15) is 0 Å². The van der Waals surface area contributed by atoms with Gasteiger partial charge in [0.2, 0.25) is 0 Å². The van der Waals surface area contributed by atoms with E-state index in [1.54, 1.807) is 0 Å². The predicted molar refractivity (Wildman–Crippen MR) is 180 cm³/mol. The Morgan fingerprint density at radius 2 is 0.936 bits per heavy atom. The number of ether oxygens (including phenoxy) is 6. The summed E-state index contributed by atoms with van der Waals surface area (Å²) in [6.07, 6.45) is 5.60. The number of rotatable bonds is 16. The summed E-state index contributed by atoms with van der Waals surface area (Å²) in [5, 5.41) is 0. The van der Waals surface area contributed by atoms with E-state index in [1.165, 1.54) is 11.1 Å². The molecule has 8 nitrogen and oxygen atoms in total. The minimum absolute atomic E-state index is 0.197. The van der Waals surface area contributed by atoms with Gasteiger partial charge in [0.05, 0.1) is 50.8 Å². The first-order chi connectivity index (χ1) is 23.0. The molecule has 0 saturated carbocycles. The molecule has 4 heterocycles. The predicted octanol–water partition coefficient (Wildman–Crippen LogP) is 7.25. The molecular weight excluding hydrogens is 592 g/mol. The average Bonchev–Trinajstić information content (AvgIpc) is 3.86. The molecule has 4 aromatic carbocycles. The quantitative estimate of drug-likeness (QED) is 0.0977. The number of epoxide rings is 4. The third kappa shape index (κ3) is 6.97. The van der Waals surface area contributed by atoms with Crippen LogP contribution in [0.2, 0.25) is 0 Å². The van der Waals surface area contributed by atoms with Crippen molar-refractivity contribution < 1.29 is 28.4 Å². The van der Waals surface area contributed by atoms with Crippen molar-refractivity contribution in [2.75, 3.05) is 37.9 Å². The first kappa shape index (κ1) is 30.3. The normalized spacial score (nSPS) is 23.8. The molecule has 8 rings (SSSR count). The number of hydrogen-bond acceptors (Lipinski definition) is 8. The molecule has 4 unspecified atom stereocenters. The fourth-order valence-corrected chi connectivity index (χ4v) is 7.63. The van der Waals surface area contributed by atoms with Gasteiger partial charge >= 0.3 is 0 Å². The lowest BCUT2D eigenvalue weighted by atomic mass is 9.50. The Hall–Kier alpha value is -4.08. The number of hydrogen-bond donors (Lipinski definition) is 2. The Kier molecular flexibility index (Phi) is 8.05. The zero-order valence-electron chi connectivity index (χ0n) is 26.5. The van der Waals surface area contributed by atoms with Crippen LogP contribution < -0.4 is 20.9 Å². The molecule has 0 aromatic heterocycles. The van der Waals surface area contributed by atoms with Crippen LogP contribution in [-0.2, 0) is 24.4 Å². The van der Waals surface area contributed by atoms with Crippen LogP contribution in [-0.4, -0.2) is 50.8 Å². The lowest BCUT2D eigenvalue weighted by molar-refractivity contribution is 0.0617. The topological polar surface area (TPSA) is 121 Å². The molecule has 0 radical (unpaired) electrons. The maximum atomic E-state index is 6.25. The highest BCUT2D eigenvalue weighted by Gasteiger charge is 2.59. The second-order valence-electron chi connectivity index (χ2n) is 13.6. The Labute approximate surface area is 275 Å². The molecule has 4 aromatic rings. The van der Waals surface area contributed by atoms with Crippen LogP contribution in [0.15, 0.2) is 97.1 Å². The summed E-state index contributed by atoms with van der Waals surface area (Å²) in [4.78, 5) is 0. The largest absolute Gasteiger partial charge is 0.457 e. The van der Waals surface area contributed by atoms with Crippen molar-refractivity contribution in [3.63, 3.8) is 0 Å². The third-order valence-corrected chi connectivity index (χ3v) is 10.1. The van der Waals surface area contributed by atoms with Crippen LogP contribution in [0, 0.1) is 5.41 Å². The minimum atomic E-state index is -0.395. The molecule has 4 saturated heterocycles. The summed E-state index contributed by atoms with van der Waals surface area (Å²) in [6, 6.07) is 32.3. The highest BCUT2D eigenvalue weighted by Crippen LogP contribution is 2.61. The van der Waals surface area contributed by atoms with Crippen LogP contribution in [0.4, 0.5) is 11.4 Å². The zero-order chi connectivity index (χ0) is 31.8. The molecule has 0 spiro atoms. The summed E-state index contributed by atoms with van der Waals surface area (Å²) < 4.78 is 36.3. The van der Waals surface area contributed by atoms with Crippen molar-refractivity contribution in [2.45, 2.75) is 61.9 Å². The van der Waals surface area contributed by atoms with Crippen LogP contribution in [0.5, 0.6) is 23.0 Å². The minimum Gasteiger partial charge on any atom is -0.457 e. The second-order valence-corrected chi connectivity index (χ2v) is 13.6. The third-order valence-electron chi connectivity index (χ3n) is 10.1. The van der Waals surface area contributed by atoms with E-state index in [4.69, 9.17) is 39.9 Å². The fourth-order valence-electron chi connectivity index (χ4n) is 7.63. The van der Waals surface area contributed by atoms with Gasteiger partial charge in [-0.15, -0.1) is 0 Å². The standard InChI is InChI=1S/C39H42N2O6/c40-28-3-1-5-32(17-28)46-30-11-7-26(8-12-30)39(16-15-34-22-42-34,27-9-13-31(14-10-27)47-33-6-2-4-29(41)18-33)38(19-35-23-43-35,20-36-24-44-36)21-37-25-45-37/h1-14,17-18,34-37H,15-16,19-25,40-41H2. The monoisotopic (exact) mass is 634 g/mol. The molecule has 0 aliphatic carbocycles. The molecule has 47 heavy (non-hydrogen) atoms. The molecule has 4 fully saturated rings. The number of nitrogens with two attached hydrogens (primary N) is 2. The van der Waals surface area contributed by atoms with E-state index >= 15 is 0 Å². The fraction of sp³-hybridized carbons (Fsp3) is 0.385. The van der Waals surface area contributed by atoms with E-state index in [0.717, 1.165) is 70.0 Å². The molecule has 4 aliphatic heterocycles. The van der Waals surface area contributed by atoms with E-state index in [-0.39, 0.29) is 29.8 Å². The summed E-state index contributed by atoms with van der Waals surface area (Å²) >= 11 is 0. The first-order valence-electron chi connectivity index (χ1n) is 16.7. The van der Waals surface area contributed by atoms with Gasteiger partial charge in [-0.05, 0) is 97.2 Å². The molecule has 0 amide bonds. The number of benzene rings is 4. The average molecular weight is 635 g/mol. The zero-order valence-corrected chi connectivity index (χ0v) is 26.5. The Balaban J connectivity index is 1.23. The Morgan fingerprint density at radius 3 is 1.30 bits per heavy atom. The summed E-state index contributed by atoms with van der Waals surface area (Å²) in [5.41, 5.74) is 15.3. The van der Waals surface area contributed by atoms with Crippen molar-refractivity contribution in [3.05, 3.63) is 108 Å². The SMILES string of the molecule is Nc1cccc(Oc2ccc(C(CCC3CO3)(c3ccc(Oc4cccc(N)c4)cc3)C(CC3CO3)(CC3CO3)CC3CO3)cc2)c1. The smallest absolute Gasteiger partial charge is 0.129 e. The summed E-state index contributed by atoms with van der Waals surface area (Å²) in [6.45, 7) is 3.19. The maximum absolute atomic E-state index is 6.25. The number of nitrogen functional groups attached to an aromatic ring is 2. The Morgan fingerprint density at radius 1 is 0.532 bits per heavy atom. The van der Waals surface area contributed by atoms with Crippen molar-refractivity contribution in [1.29, 1.82) is 0 Å². The van der Waals surface area contributed by atoms with Gasteiger partial charge < -0.3 is 39.9 Å². The summed E-state index contributed by atoms with van der Waals surface area (Å²) in [5.74, 6) is 2.94. The van der Waals surface area contributed by atoms with E-state index in [2.05, 4.69) is 48.5 Å². The molecule has 8 heteroatoms. The van der Waals surface area contributed by atoms with E-state index < -0.39 is 5.41 Å². The summed E-state index contributed by atoms with van der Waals surface area (Å²) in [7, 11) is 0. The number of anilines is 2. The molecule has 4 atom stereocenters. The van der Waals surface area contributed by atoms with Gasteiger partial charge in [-0.1, -0.05) is 36.4 Å². The Bertz CT molecular complexity index is 1550. The second kappa shape index (κ2) is 12.5. The van der Waals surface area contributed by atoms with Gasteiger partial charge in [0.25, 0.3) is 0 Å². The van der Waals surface area contributed by atoms with Gasteiger partial charge in [-0.3, -0.25) is 0 Å². The van der Waals surface area contributed by atoms with E-state index in [1.807, 2.05) is 48.5 Å². The van der Waals surface area contributed by atoms with E-state index in [0.29, 0.717) is 22.9 Å². The lowest BCUT2D eigenvalue weighted by Crippen LogP contribution is -2.50. The van der Waals surface area contributed by atoms with Crippen LogP contribution in [0.25, 0.3) is 0 Å². The van der Waals surface area contributed by atoms with E-state index in [9.17, 15) is 0 Å². The van der Waals surface area contributed by atoms with Crippen LogP contribution >= 0.6 is 0 Å². The molecule has 4 aliphatic rings. The molecule has 4 N–H and O–H groups in total. The van der Waals surface area contributed by atoms with Crippen molar-refractivity contribution >= 4 is 11.4 Å². The van der Waals surface area contributed by atoms with Crippen LogP contribution in [0.3, 0.4) is 0 Å². The maximum Gasteiger partial charge on any atom is 0.129 e. The van der Waals surface area contributed by atoms with Crippen LogP contribution in [0.1, 0.15) is 43.2 Å². The van der Waals surface area contributed by atoms with Gasteiger partial charge in [0.1, 0.15) is 23.0 Å². The lowest BCUT2D eigenvalue weighted by Gasteiger charge is -2.52. The van der Waals surface area contributed by atoms with Gasteiger partial charge in [0.15, 0.2) is 0 Å². The van der Waals surface area contributed by atoms with Crippen molar-refractivity contribution in [2.24, 2.45) is 5.41 Å².